The van der Waals surface area contributed by atoms with Crippen LogP contribution in [0.1, 0.15) is 25.5 Å². The zero-order valence-electron chi connectivity index (χ0n) is 20.0. The Morgan fingerprint density at radius 3 is 2.30 bits per heavy atom. The number of carbonyl (C=O) groups is 5. The highest BCUT2D eigenvalue weighted by atomic mass is 32.2. The van der Waals surface area contributed by atoms with Crippen molar-refractivity contribution < 1.29 is 41.7 Å². The minimum absolute atomic E-state index is 0.232. The number of aliphatic carboxylic acids is 1. The average molecular weight is 556 g/mol. The highest BCUT2D eigenvalue weighted by Gasteiger charge is 2.68. The van der Waals surface area contributed by atoms with Crippen LogP contribution in [0.3, 0.4) is 0 Å². The summed E-state index contributed by atoms with van der Waals surface area (Å²) in [5.41, 5.74) is 0.292. The van der Waals surface area contributed by atoms with Crippen molar-refractivity contribution in [3.8, 4) is 0 Å². The molecule has 1 aromatic rings. The van der Waals surface area contributed by atoms with Gasteiger partial charge in [0.15, 0.2) is 0 Å². The molecular weight excluding hydrogens is 530 g/mol. The van der Waals surface area contributed by atoms with Crippen LogP contribution in [0.25, 0.3) is 0 Å². The molecule has 3 N–H and O–H groups in total. The van der Waals surface area contributed by atoms with Crippen molar-refractivity contribution in [1.29, 1.82) is 0 Å². The second-order valence-corrected chi connectivity index (χ2v) is 13.4. The van der Waals surface area contributed by atoms with Gasteiger partial charge in [0.05, 0.1) is 34.9 Å². The molecule has 0 spiro atoms. The fourth-order valence-corrected chi connectivity index (χ4v) is 7.41. The topological polar surface area (TPSA) is 191 Å². The molecule has 0 aliphatic carbocycles. The summed E-state index contributed by atoms with van der Waals surface area (Å²) in [6.45, 7) is 2.45. The summed E-state index contributed by atoms with van der Waals surface area (Å²) in [6.07, 6.45) is 0.828. The number of sulfonamides is 1. The highest BCUT2D eigenvalue weighted by Crippen LogP contribution is 2.43. The number of nitrogens with zero attached hydrogens (tertiary/aromatic N) is 3. The summed E-state index contributed by atoms with van der Waals surface area (Å²) in [5, 5.41) is 13.4. The maximum atomic E-state index is 13.3. The Morgan fingerprint density at radius 2 is 1.76 bits per heavy atom. The number of fused-ring (bicyclic) bond motifs is 1. The molecule has 5 atom stereocenters. The second-order valence-electron chi connectivity index (χ2n) is 9.33. The lowest BCUT2D eigenvalue weighted by atomic mass is 9.95. The molecule has 0 saturated carbocycles. The van der Waals surface area contributed by atoms with Gasteiger partial charge in [-0.2, -0.15) is 0 Å². The minimum Gasteiger partial charge on any atom is -0.480 e. The van der Waals surface area contributed by atoms with E-state index in [4.69, 9.17) is 0 Å². The first-order valence-corrected chi connectivity index (χ1v) is 14.1. The molecule has 16 heteroatoms. The van der Waals surface area contributed by atoms with Crippen LogP contribution in [0.4, 0.5) is 9.59 Å². The van der Waals surface area contributed by atoms with E-state index < -0.39 is 78.9 Å². The van der Waals surface area contributed by atoms with Crippen molar-refractivity contribution in [3.63, 3.8) is 0 Å². The third kappa shape index (κ3) is 4.33. The number of rotatable bonds is 6. The van der Waals surface area contributed by atoms with Gasteiger partial charge in [0.25, 0.3) is 0 Å². The van der Waals surface area contributed by atoms with E-state index in [1.807, 2.05) is 0 Å². The number of imide groups is 1. The van der Waals surface area contributed by atoms with Crippen LogP contribution in [0.2, 0.25) is 0 Å². The Kier molecular flexibility index (Phi) is 6.52. The Morgan fingerprint density at radius 1 is 1.14 bits per heavy atom. The number of nitrogens with one attached hydrogen (secondary N) is 2. The van der Waals surface area contributed by atoms with E-state index in [-0.39, 0.29) is 13.1 Å². The van der Waals surface area contributed by atoms with E-state index >= 15 is 0 Å². The molecule has 6 amide bonds. The normalized spacial score (nSPS) is 27.4. The zero-order valence-corrected chi connectivity index (χ0v) is 21.6. The molecule has 3 aliphatic rings. The number of benzene rings is 1. The van der Waals surface area contributed by atoms with Crippen LogP contribution >= 0.6 is 0 Å². The molecule has 3 aliphatic heterocycles. The lowest BCUT2D eigenvalue weighted by Crippen LogP contribution is -2.72. The standard InChI is InChI=1S/C21H25N5O9S2/c1-21(2)14(18(29)30)26-16(28)13(17(26)36(21)33)22-15(27)12(11-7-5-4-6-8-11)23-19(31)24-9-10-25(20(24)32)37(3,34)35/h4-8,12-14,17H,9-10H2,1-3H3,(H,22,27)(H,23,31)(H,29,30)/t12-,13-,14+,17-,36?/m1/s1. The molecule has 200 valence electrons. The van der Waals surface area contributed by atoms with Gasteiger partial charge in [-0.1, -0.05) is 30.3 Å². The molecule has 3 fully saturated rings. The van der Waals surface area contributed by atoms with Gasteiger partial charge in [-0.25, -0.2) is 32.0 Å². The fourth-order valence-electron chi connectivity index (χ4n) is 4.69. The van der Waals surface area contributed by atoms with Gasteiger partial charge in [-0.05, 0) is 19.4 Å². The molecular formula is C21H25N5O9S2. The first-order valence-electron chi connectivity index (χ1n) is 11.1. The van der Waals surface area contributed by atoms with Gasteiger partial charge in [0.2, 0.25) is 21.8 Å². The van der Waals surface area contributed by atoms with Gasteiger partial charge >= 0.3 is 18.0 Å². The monoisotopic (exact) mass is 555 g/mol. The van der Waals surface area contributed by atoms with Gasteiger partial charge in [0.1, 0.15) is 23.5 Å². The number of urea groups is 2. The lowest BCUT2D eigenvalue weighted by molar-refractivity contribution is -0.161. The van der Waals surface area contributed by atoms with Gasteiger partial charge in [-0.15, -0.1) is 0 Å². The van der Waals surface area contributed by atoms with Crippen LogP contribution < -0.4 is 10.6 Å². The summed E-state index contributed by atoms with van der Waals surface area (Å²) in [7, 11) is -5.72. The summed E-state index contributed by atoms with van der Waals surface area (Å²) in [5.74, 6) is -2.90. The van der Waals surface area contributed by atoms with Crippen molar-refractivity contribution in [1.82, 2.24) is 24.7 Å². The molecule has 0 radical (unpaired) electrons. The number of hydrogen-bond acceptors (Lipinski definition) is 8. The summed E-state index contributed by atoms with van der Waals surface area (Å²) in [6, 6.07) is 1.77. The van der Waals surface area contributed by atoms with Crippen molar-refractivity contribution in [2.24, 2.45) is 0 Å². The van der Waals surface area contributed by atoms with Crippen molar-refractivity contribution >= 4 is 50.7 Å². The minimum atomic E-state index is -3.90. The maximum Gasteiger partial charge on any atom is 0.341 e. The van der Waals surface area contributed by atoms with Crippen LogP contribution in [0, 0.1) is 0 Å². The molecule has 37 heavy (non-hydrogen) atoms. The predicted molar refractivity (Wildman–Crippen MR) is 128 cm³/mol. The predicted octanol–water partition coefficient (Wildman–Crippen LogP) is -1.22. The van der Waals surface area contributed by atoms with E-state index in [1.165, 1.54) is 26.0 Å². The molecule has 1 aromatic carbocycles. The lowest BCUT2D eigenvalue weighted by Gasteiger charge is -2.43. The third-order valence-electron chi connectivity index (χ3n) is 6.57. The molecule has 4 rings (SSSR count). The maximum absolute atomic E-state index is 13.3. The first-order chi connectivity index (χ1) is 17.2. The second kappa shape index (κ2) is 9.09. The molecule has 3 saturated heterocycles. The van der Waals surface area contributed by atoms with Gasteiger partial charge in [-0.3, -0.25) is 13.8 Å². The smallest absolute Gasteiger partial charge is 0.341 e. The highest BCUT2D eigenvalue weighted by molar-refractivity contribution is 7.89. The summed E-state index contributed by atoms with van der Waals surface area (Å²) in [4.78, 5) is 64.8. The Labute approximate surface area is 214 Å². The van der Waals surface area contributed by atoms with Crippen LogP contribution in [0.15, 0.2) is 30.3 Å². The number of amides is 6. The average Bonchev–Trinajstić information content (AvgIpc) is 3.30. The third-order valence-corrected chi connectivity index (χ3v) is 9.90. The first kappa shape index (κ1) is 26.5. The number of carbonyl (C=O) groups excluding carboxylic acids is 4. The van der Waals surface area contributed by atoms with E-state index in [1.54, 1.807) is 18.2 Å². The van der Waals surface area contributed by atoms with Gasteiger partial charge in [0, 0.05) is 0 Å². The number of carboxylic acid groups (broad SMARTS) is 1. The van der Waals surface area contributed by atoms with E-state index in [0.29, 0.717) is 14.8 Å². The van der Waals surface area contributed by atoms with Crippen molar-refractivity contribution in [3.05, 3.63) is 35.9 Å². The van der Waals surface area contributed by atoms with E-state index in [9.17, 15) is 41.7 Å². The summed E-state index contributed by atoms with van der Waals surface area (Å²) < 4.78 is 35.8. The van der Waals surface area contributed by atoms with Crippen LogP contribution in [0.5, 0.6) is 0 Å². The van der Waals surface area contributed by atoms with E-state index in [0.717, 1.165) is 11.2 Å². The molecule has 1 unspecified atom stereocenters. The fraction of sp³-hybridized carbons (Fsp3) is 0.476. The molecule has 0 bridgehead atoms. The Balaban J connectivity index is 1.55. The molecule has 3 heterocycles. The van der Waals surface area contributed by atoms with Crippen molar-refractivity contribution in [2.75, 3.05) is 19.3 Å². The number of carboxylic acids is 1. The van der Waals surface area contributed by atoms with Crippen LogP contribution in [-0.2, 0) is 35.2 Å². The van der Waals surface area contributed by atoms with Crippen LogP contribution in [-0.4, -0.2) is 103 Å². The molecule has 14 nitrogen and oxygen atoms in total. The Bertz CT molecular complexity index is 1320. The number of β-lactam (4-membered cyclic amide) rings is 1. The van der Waals surface area contributed by atoms with E-state index in [2.05, 4.69) is 10.6 Å². The van der Waals surface area contributed by atoms with Crippen molar-refractivity contribution in [2.45, 2.75) is 42.1 Å². The molecule has 0 aromatic heterocycles. The summed E-state index contributed by atoms with van der Waals surface area (Å²) >= 11 is 0. The largest absolute Gasteiger partial charge is 0.480 e. The van der Waals surface area contributed by atoms with Gasteiger partial charge < -0.3 is 20.6 Å². The SMILES string of the molecule is CC1(C)[C@H](C(=O)O)N2C(=O)[C@@H](NC(=O)[C@H](NC(=O)N3CCN(S(C)(=O)=O)C3=O)c3ccccc3)[C@H]2S1=O. The zero-order chi connectivity index (χ0) is 27.4. The Hall–Kier alpha value is -3.53. The number of hydrogen-bond donors (Lipinski definition) is 3. The quantitative estimate of drug-likeness (QED) is 0.361.